The molecule has 0 aliphatic rings. The Bertz CT molecular complexity index is 415. The van der Waals surface area contributed by atoms with Crippen LogP contribution < -0.4 is 0 Å². The van der Waals surface area contributed by atoms with Gasteiger partial charge in [0, 0.05) is 5.56 Å². The van der Waals surface area contributed by atoms with Crippen LogP contribution >= 0.6 is 0 Å². The van der Waals surface area contributed by atoms with Crippen LogP contribution in [0.15, 0.2) is 35.1 Å². The molecule has 16 heavy (non-hydrogen) atoms. The summed E-state index contributed by atoms with van der Waals surface area (Å²) in [5.74, 6) is 0.870. The highest BCUT2D eigenvalue weighted by molar-refractivity contribution is 5.60. The minimum Gasteiger partial charge on any atom is -0.448 e. The molecule has 0 unspecified atom stereocenters. The number of benzene rings is 1. The van der Waals surface area contributed by atoms with Crippen LogP contribution in [0.2, 0.25) is 0 Å². The predicted molar refractivity (Wildman–Crippen MR) is 67.4 cm³/mol. The Morgan fingerprint density at radius 2 is 1.75 bits per heavy atom. The molecule has 0 spiro atoms. The molecule has 0 bridgehead atoms. The van der Waals surface area contributed by atoms with E-state index in [0.29, 0.717) is 0 Å². The third-order valence-corrected chi connectivity index (χ3v) is 2.38. The van der Waals surface area contributed by atoms with Crippen molar-refractivity contribution in [2.24, 2.45) is 0 Å². The van der Waals surface area contributed by atoms with Crippen molar-refractivity contribution >= 4 is 0 Å². The van der Waals surface area contributed by atoms with E-state index in [1.807, 2.05) is 20.8 Å². The number of oxazole rings is 1. The Hall–Kier alpha value is -1.57. The van der Waals surface area contributed by atoms with Crippen molar-refractivity contribution in [3.8, 4) is 11.3 Å². The van der Waals surface area contributed by atoms with Gasteiger partial charge in [0.1, 0.15) is 11.5 Å². The van der Waals surface area contributed by atoms with E-state index in [4.69, 9.17) is 4.42 Å². The van der Waals surface area contributed by atoms with Gasteiger partial charge in [0.25, 0.3) is 0 Å². The molecule has 1 heterocycles. The molecule has 0 radical (unpaired) electrons. The summed E-state index contributed by atoms with van der Waals surface area (Å²) in [4.78, 5) is 4.17. The first-order valence-corrected chi connectivity index (χ1v) is 5.80. The highest BCUT2D eigenvalue weighted by Gasteiger charge is 2.05. The lowest BCUT2D eigenvalue weighted by molar-refractivity contribution is 0.527. The first-order chi connectivity index (χ1) is 7.81. The van der Waals surface area contributed by atoms with Crippen LogP contribution in [-0.2, 0) is 6.42 Å². The van der Waals surface area contributed by atoms with Crippen molar-refractivity contribution in [1.82, 2.24) is 4.98 Å². The molecule has 0 saturated heterocycles. The van der Waals surface area contributed by atoms with E-state index in [-0.39, 0.29) is 0 Å². The monoisotopic (exact) mass is 217 g/mol. The zero-order chi connectivity index (χ0) is 12.0. The van der Waals surface area contributed by atoms with Crippen LogP contribution in [0.3, 0.4) is 0 Å². The summed E-state index contributed by atoms with van der Waals surface area (Å²) in [5, 5.41) is 0. The van der Waals surface area contributed by atoms with Gasteiger partial charge in [-0.2, -0.15) is 0 Å². The first-order valence-electron chi connectivity index (χ1n) is 5.80. The summed E-state index contributed by atoms with van der Waals surface area (Å²) in [5.41, 5.74) is 3.40. The summed E-state index contributed by atoms with van der Waals surface area (Å²) in [6.45, 7) is 8.08. The summed E-state index contributed by atoms with van der Waals surface area (Å²) < 4.78 is 5.16. The number of aryl methyl sites for hydroxylation is 2. The molecular weight excluding hydrogens is 198 g/mol. The van der Waals surface area contributed by atoms with Gasteiger partial charge in [0.2, 0.25) is 0 Å². The fraction of sp³-hybridized carbons (Fsp3) is 0.357. The minimum atomic E-state index is 0.870. The van der Waals surface area contributed by atoms with Crippen molar-refractivity contribution in [2.75, 3.05) is 0 Å². The van der Waals surface area contributed by atoms with Crippen LogP contribution in [-0.4, -0.2) is 4.98 Å². The van der Waals surface area contributed by atoms with Crippen molar-refractivity contribution in [2.45, 2.75) is 34.1 Å². The zero-order valence-corrected chi connectivity index (χ0v) is 10.4. The molecule has 0 aliphatic carbocycles. The van der Waals surface area contributed by atoms with Crippen LogP contribution in [0.1, 0.15) is 32.1 Å². The van der Waals surface area contributed by atoms with Crippen molar-refractivity contribution < 1.29 is 4.42 Å². The second kappa shape index (κ2) is 6.11. The lowest BCUT2D eigenvalue weighted by atomic mass is 10.1. The van der Waals surface area contributed by atoms with Gasteiger partial charge in [-0.3, -0.25) is 0 Å². The SMILES string of the molecule is CC.CCc1ccc(-c2ncoc2C)cc1. The molecule has 2 rings (SSSR count). The maximum absolute atomic E-state index is 5.16. The molecule has 2 nitrogen and oxygen atoms in total. The molecule has 2 aromatic rings. The third-order valence-electron chi connectivity index (χ3n) is 2.38. The molecular formula is C14H19NO. The van der Waals surface area contributed by atoms with Gasteiger partial charge in [0.05, 0.1) is 0 Å². The Kier molecular flexibility index (Phi) is 4.77. The molecule has 1 aromatic carbocycles. The van der Waals surface area contributed by atoms with Gasteiger partial charge in [-0.15, -0.1) is 0 Å². The number of aromatic nitrogens is 1. The van der Waals surface area contributed by atoms with E-state index in [2.05, 4.69) is 36.2 Å². The molecule has 2 heteroatoms. The average molecular weight is 217 g/mol. The topological polar surface area (TPSA) is 26.0 Å². The Morgan fingerprint density at radius 3 is 2.19 bits per heavy atom. The highest BCUT2D eigenvalue weighted by atomic mass is 16.3. The predicted octanol–water partition coefficient (Wildman–Crippen LogP) is 4.24. The number of nitrogens with zero attached hydrogens (tertiary/aromatic N) is 1. The molecule has 0 amide bonds. The van der Waals surface area contributed by atoms with Crippen molar-refractivity contribution in [1.29, 1.82) is 0 Å². The Labute approximate surface area is 97.3 Å². The summed E-state index contributed by atoms with van der Waals surface area (Å²) >= 11 is 0. The van der Waals surface area contributed by atoms with Gasteiger partial charge in [-0.1, -0.05) is 45.0 Å². The molecule has 0 fully saturated rings. The standard InChI is InChI=1S/C12H13NO.C2H6/c1-3-10-4-6-11(7-5-10)12-9(2)14-8-13-12;1-2/h4-8H,3H2,1-2H3;1-2H3. The highest BCUT2D eigenvalue weighted by Crippen LogP contribution is 2.21. The summed E-state index contributed by atoms with van der Waals surface area (Å²) in [7, 11) is 0. The molecule has 0 N–H and O–H groups in total. The van der Waals surface area contributed by atoms with E-state index in [1.165, 1.54) is 12.0 Å². The zero-order valence-electron chi connectivity index (χ0n) is 10.4. The van der Waals surface area contributed by atoms with Crippen LogP contribution in [0.25, 0.3) is 11.3 Å². The largest absolute Gasteiger partial charge is 0.448 e. The lowest BCUT2D eigenvalue weighted by Crippen LogP contribution is -1.83. The van der Waals surface area contributed by atoms with E-state index in [1.54, 1.807) is 0 Å². The van der Waals surface area contributed by atoms with E-state index >= 15 is 0 Å². The second-order valence-electron chi connectivity index (χ2n) is 3.31. The Balaban J connectivity index is 0.000000606. The first kappa shape index (κ1) is 12.5. The average Bonchev–Trinajstić information content (AvgIpc) is 2.78. The van der Waals surface area contributed by atoms with Gasteiger partial charge in [-0.05, 0) is 18.9 Å². The van der Waals surface area contributed by atoms with Gasteiger partial charge >= 0.3 is 0 Å². The molecule has 1 aromatic heterocycles. The van der Waals surface area contributed by atoms with Crippen LogP contribution in [0.5, 0.6) is 0 Å². The maximum atomic E-state index is 5.16. The maximum Gasteiger partial charge on any atom is 0.181 e. The fourth-order valence-electron chi connectivity index (χ4n) is 1.48. The Morgan fingerprint density at radius 1 is 1.12 bits per heavy atom. The summed E-state index contributed by atoms with van der Waals surface area (Å²) in [6.07, 6.45) is 2.55. The fourth-order valence-corrected chi connectivity index (χ4v) is 1.48. The van der Waals surface area contributed by atoms with E-state index in [0.717, 1.165) is 23.4 Å². The van der Waals surface area contributed by atoms with Gasteiger partial charge in [0.15, 0.2) is 6.39 Å². The van der Waals surface area contributed by atoms with Gasteiger partial charge < -0.3 is 4.42 Å². The lowest BCUT2D eigenvalue weighted by Gasteiger charge is -1.99. The molecule has 0 atom stereocenters. The minimum absolute atomic E-state index is 0.870. The second-order valence-corrected chi connectivity index (χ2v) is 3.31. The number of hydrogen-bond donors (Lipinski definition) is 0. The van der Waals surface area contributed by atoms with Crippen molar-refractivity contribution in [3.05, 3.63) is 42.0 Å². The number of hydrogen-bond acceptors (Lipinski definition) is 2. The number of rotatable bonds is 2. The van der Waals surface area contributed by atoms with Crippen LogP contribution in [0.4, 0.5) is 0 Å². The summed E-state index contributed by atoms with van der Waals surface area (Å²) in [6, 6.07) is 8.43. The third kappa shape index (κ3) is 2.72. The van der Waals surface area contributed by atoms with Gasteiger partial charge in [-0.25, -0.2) is 4.98 Å². The molecule has 0 aliphatic heterocycles. The van der Waals surface area contributed by atoms with E-state index in [9.17, 15) is 0 Å². The van der Waals surface area contributed by atoms with E-state index < -0.39 is 0 Å². The quantitative estimate of drug-likeness (QED) is 0.752. The molecule has 86 valence electrons. The van der Waals surface area contributed by atoms with Crippen molar-refractivity contribution in [3.63, 3.8) is 0 Å². The van der Waals surface area contributed by atoms with Crippen LogP contribution in [0, 0.1) is 6.92 Å². The smallest absolute Gasteiger partial charge is 0.181 e. The normalized spacial score (nSPS) is 9.50. The molecule has 0 saturated carbocycles.